The fraction of sp³-hybridized carbons (Fsp3) is 0.857. The minimum atomic E-state index is 0.532. The molecule has 0 aliphatic rings. The summed E-state index contributed by atoms with van der Waals surface area (Å²) in [7, 11) is 0. The van der Waals surface area contributed by atoms with Crippen molar-refractivity contribution >= 4 is 0 Å². The van der Waals surface area contributed by atoms with Gasteiger partial charge in [-0.2, -0.15) is 5.10 Å². The lowest BCUT2D eigenvalue weighted by atomic mass is 10.0. The van der Waals surface area contributed by atoms with Gasteiger partial charge in [-0.05, 0) is 25.2 Å². The van der Waals surface area contributed by atoms with Crippen LogP contribution in [0, 0.1) is 11.8 Å². The van der Waals surface area contributed by atoms with Crippen LogP contribution in [0.1, 0.15) is 53.3 Å². The molecule has 1 aromatic rings. The average Bonchev–Trinajstić information content (AvgIpc) is 2.72. The molecule has 1 heterocycles. The fourth-order valence-electron chi connectivity index (χ4n) is 2.04. The van der Waals surface area contributed by atoms with E-state index in [0.29, 0.717) is 12.0 Å². The van der Waals surface area contributed by atoms with Gasteiger partial charge in [0.1, 0.15) is 12.2 Å². The number of aromatic nitrogens is 3. The second kappa shape index (κ2) is 7.52. The molecule has 104 valence electrons. The summed E-state index contributed by atoms with van der Waals surface area (Å²) in [6.07, 6.45) is 4.11. The van der Waals surface area contributed by atoms with Crippen molar-refractivity contribution in [3.8, 4) is 0 Å². The third-order valence-corrected chi connectivity index (χ3v) is 3.30. The van der Waals surface area contributed by atoms with E-state index >= 15 is 0 Å². The maximum absolute atomic E-state index is 4.33. The van der Waals surface area contributed by atoms with Gasteiger partial charge in [0.05, 0.1) is 6.54 Å². The molecule has 0 amide bonds. The third kappa shape index (κ3) is 5.17. The molecule has 4 heteroatoms. The van der Waals surface area contributed by atoms with E-state index in [1.54, 1.807) is 6.33 Å². The van der Waals surface area contributed by atoms with Gasteiger partial charge in [-0.25, -0.2) is 9.67 Å². The lowest BCUT2D eigenvalue weighted by Crippen LogP contribution is -2.29. The van der Waals surface area contributed by atoms with Crippen LogP contribution in [0.15, 0.2) is 6.33 Å². The topological polar surface area (TPSA) is 42.7 Å². The summed E-state index contributed by atoms with van der Waals surface area (Å²) in [4.78, 5) is 4.33. The number of rotatable bonds is 8. The Hall–Kier alpha value is -0.900. The Morgan fingerprint density at radius 2 is 2.00 bits per heavy atom. The van der Waals surface area contributed by atoms with Crippen molar-refractivity contribution in [2.45, 2.75) is 66.6 Å². The number of nitrogens with one attached hydrogen (secondary N) is 1. The monoisotopic (exact) mass is 252 g/mol. The summed E-state index contributed by atoms with van der Waals surface area (Å²) in [5.41, 5.74) is 0. The predicted molar refractivity (Wildman–Crippen MR) is 75.2 cm³/mol. The Kier molecular flexibility index (Phi) is 6.33. The molecular weight excluding hydrogens is 224 g/mol. The van der Waals surface area contributed by atoms with E-state index in [4.69, 9.17) is 0 Å². The maximum Gasteiger partial charge on any atom is 0.140 e. The minimum absolute atomic E-state index is 0.532. The van der Waals surface area contributed by atoms with Crippen LogP contribution < -0.4 is 5.32 Å². The van der Waals surface area contributed by atoms with Crippen LogP contribution in [0.25, 0.3) is 0 Å². The summed E-state index contributed by atoms with van der Waals surface area (Å²) in [6, 6.07) is 0.532. The Balaban J connectivity index is 2.41. The van der Waals surface area contributed by atoms with Crippen LogP contribution in [0.5, 0.6) is 0 Å². The van der Waals surface area contributed by atoms with Gasteiger partial charge in [0.15, 0.2) is 0 Å². The highest BCUT2D eigenvalue weighted by Crippen LogP contribution is 2.10. The summed E-state index contributed by atoms with van der Waals surface area (Å²) >= 11 is 0. The van der Waals surface area contributed by atoms with Gasteiger partial charge in [0, 0.05) is 12.6 Å². The Labute approximate surface area is 111 Å². The molecule has 4 nitrogen and oxygen atoms in total. The first-order valence-electron chi connectivity index (χ1n) is 7.13. The molecule has 2 unspecified atom stereocenters. The molecular formula is C14H28N4. The van der Waals surface area contributed by atoms with Gasteiger partial charge >= 0.3 is 0 Å². The zero-order valence-electron chi connectivity index (χ0n) is 12.5. The van der Waals surface area contributed by atoms with E-state index in [1.165, 1.54) is 12.8 Å². The molecule has 1 rings (SSSR count). The molecule has 0 spiro atoms. The van der Waals surface area contributed by atoms with Crippen molar-refractivity contribution in [3.05, 3.63) is 12.2 Å². The zero-order chi connectivity index (χ0) is 13.5. The molecule has 2 atom stereocenters. The molecule has 1 aromatic heterocycles. The Morgan fingerprint density at radius 1 is 1.28 bits per heavy atom. The average molecular weight is 252 g/mol. The fourth-order valence-corrected chi connectivity index (χ4v) is 2.04. The molecule has 0 aliphatic heterocycles. The van der Waals surface area contributed by atoms with E-state index in [9.17, 15) is 0 Å². The maximum atomic E-state index is 4.33. The summed E-state index contributed by atoms with van der Waals surface area (Å²) in [6.45, 7) is 12.9. The molecule has 0 saturated carbocycles. The molecule has 0 radical (unpaired) electrons. The number of hydrogen-bond donors (Lipinski definition) is 1. The molecule has 0 fully saturated rings. The van der Waals surface area contributed by atoms with E-state index in [-0.39, 0.29) is 0 Å². The largest absolute Gasteiger partial charge is 0.307 e. The van der Waals surface area contributed by atoms with Crippen LogP contribution in [0.2, 0.25) is 0 Å². The highest BCUT2D eigenvalue weighted by Gasteiger charge is 2.10. The predicted octanol–water partition coefficient (Wildman–Crippen LogP) is 2.85. The summed E-state index contributed by atoms with van der Waals surface area (Å²) in [5, 5.41) is 7.82. The molecule has 1 N–H and O–H groups in total. The number of hydrogen-bond acceptors (Lipinski definition) is 3. The zero-order valence-corrected chi connectivity index (χ0v) is 12.5. The first-order chi connectivity index (χ1) is 8.52. The highest BCUT2D eigenvalue weighted by molar-refractivity contribution is 4.85. The van der Waals surface area contributed by atoms with Crippen LogP contribution >= 0.6 is 0 Å². The molecule has 18 heavy (non-hydrogen) atoms. The normalized spacial score (nSPS) is 15.0. The second-order valence-corrected chi connectivity index (χ2v) is 5.78. The van der Waals surface area contributed by atoms with Crippen molar-refractivity contribution in [1.29, 1.82) is 0 Å². The van der Waals surface area contributed by atoms with Gasteiger partial charge in [-0.15, -0.1) is 0 Å². The smallest absolute Gasteiger partial charge is 0.140 e. The van der Waals surface area contributed by atoms with Crippen molar-refractivity contribution in [1.82, 2.24) is 20.1 Å². The second-order valence-electron chi connectivity index (χ2n) is 5.78. The summed E-state index contributed by atoms with van der Waals surface area (Å²) < 4.78 is 2.01. The first kappa shape index (κ1) is 15.2. The summed E-state index contributed by atoms with van der Waals surface area (Å²) in [5.74, 6) is 2.42. The van der Waals surface area contributed by atoms with Crippen molar-refractivity contribution in [2.24, 2.45) is 11.8 Å². The Morgan fingerprint density at radius 3 is 2.61 bits per heavy atom. The van der Waals surface area contributed by atoms with Crippen LogP contribution in [-0.4, -0.2) is 20.8 Å². The molecule has 0 aliphatic carbocycles. The van der Waals surface area contributed by atoms with Gasteiger partial charge in [0.25, 0.3) is 0 Å². The lowest BCUT2D eigenvalue weighted by Gasteiger charge is -2.17. The lowest BCUT2D eigenvalue weighted by molar-refractivity contribution is 0.397. The van der Waals surface area contributed by atoms with Crippen molar-refractivity contribution in [3.63, 3.8) is 0 Å². The quantitative estimate of drug-likeness (QED) is 0.773. The molecule has 0 bridgehead atoms. The van der Waals surface area contributed by atoms with Crippen LogP contribution in [-0.2, 0) is 13.1 Å². The van der Waals surface area contributed by atoms with Crippen molar-refractivity contribution in [2.75, 3.05) is 0 Å². The van der Waals surface area contributed by atoms with E-state index in [1.807, 2.05) is 4.68 Å². The van der Waals surface area contributed by atoms with Gasteiger partial charge in [0.2, 0.25) is 0 Å². The van der Waals surface area contributed by atoms with E-state index in [0.717, 1.165) is 24.8 Å². The van der Waals surface area contributed by atoms with Crippen LogP contribution in [0.3, 0.4) is 0 Å². The van der Waals surface area contributed by atoms with Crippen LogP contribution in [0.4, 0.5) is 0 Å². The number of nitrogens with zero attached hydrogens (tertiary/aromatic N) is 3. The third-order valence-electron chi connectivity index (χ3n) is 3.30. The first-order valence-corrected chi connectivity index (χ1v) is 7.13. The minimum Gasteiger partial charge on any atom is -0.307 e. The van der Waals surface area contributed by atoms with E-state index < -0.39 is 0 Å². The highest BCUT2D eigenvalue weighted by atomic mass is 15.3. The van der Waals surface area contributed by atoms with Gasteiger partial charge in [-0.1, -0.05) is 34.1 Å². The Bertz CT molecular complexity index is 332. The van der Waals surface area contributed by atoms with E-state index in [2.05, 4.69) is 50.0 Å². The molecule has 0 aromatic carbocycles. The van der Waals surface area contributed by atoms with Crippen molar-refractivity contribution < 1.29 is 0 Å². The van der Waals surface area contributed by atoms with Gasteiger partial charge in [-0.3, -0.25) is 0 Å². The van der Waals surface area contributed by atoms with Gasteiger partial charge < -0.3 is 5.32 Å². The SMILES string of the molecule is CCC(C)CC(C)NCc1ncnn1CC(C)C. The molecule has 0 saturated heterocycles. The standard InChI is InChI=1S/C14H28N4/c1-6-12(4)7-13(5)15-8-14-16-10-17-18(14)9-11(2)3/h10-13,15H,6-9H2,1-5H3.